The number of hydrogen-bond acceptors (Lipinski definition) is 7. The van der Waals surface area contributed by atoms with E-state index in [4.69, 9.17) is 9.15 Å². The number of ether oxygens (including phenoxy) is 1. The molecule has 194 valence electrons. The van der Waals surface area contributed by atoms with Gasteiger partial charge in [-0.05, 0) is 49.9 Å². The van der Waals surface area contributed by atoms with Crippen molar-refractivity contribution in [2.24, 2.45) is 11.0 Å². The molecule has 37 heavy (non-hydrogen) atoms. The number of para-hydroxylation sites is 1. The van der Waals surface area contributed by atoms with Crippen molar-refractivity contribution in [3.05, 3.63) is 81.6 Å². The van der Waals surface area contributed by atoms with Gasteiger partial charge in [0.05, 0.1) is 11.1 Å². The van der Waals surface area contributed by atoms with Gasteiger partial charge in [-0.2, -0.15) is 5.10 Å². The lowest BCUT2D eigenvalue weighted by molar-refractivity contribution is -0.385. The van der Waals surface area contributed by atoms with Crippen LogP contribution >= 0.6 is 0 Å². The van der Waals surface area contributed by atoms with Gasteiger partial charge in [-0.1, -0.05) is 44.2 Å². The van der Waals surface area contributed by atoms with Crippen LogP contribution < -0.4 is 15.5 Å². The highest BCUT2D eigenvalue weighted by Crippen LogP contribution is 2.28. The van der Waals surface area contributed by atoms with E-state index in [0.717, 1.165) is 5.56 Å². The van der Waals surface area contributed by atoms with Gasteiger partial charge in [0.1, 0.15) is 23.3 Å². The molecule has 2 N–H and O–H groups in total. The summed E-state index contributed by atoms with van der Waals surface area (Å²) in [6.45, 7) is 7.21. The van der Waals surface area contributed by atoms with Gasteiger partial charge in [-0.3, -0.25) is 19.7 Å². The van der Waals surface area contributed by atoms with Gasteiger partial charge in [0, 0.05) is 17.2 Å². The molecule has 0 aliphatic carbocycles. The van der Waals surface area contributed by atoms with E-state index in [-0.39, 0.29) is 18.2 Å². The molecule has 0 fully saturated rings. The molecule has 0 unspecified atom stereocenters. The van der Waals surface area contributed by atoms with E-state index in [2.05, 4.69) is 15.8 Å². The van der Waals surface area contributed by atoms with Gasteiger partial charge in [0.15, 0.2) is 6.61 Å². The van der Waals surface area contributed by atoms with Crippen LogP contribution in [0.15, 0.2) is 64.1 Å². The second kappa shape index (κ2) is 12.5. The SMILES string of the molecule is Cc1ccccc1OCC(=O)N[C@@H](CC(C)C)C(=O)N/N=C\c1ccc(-c2ccc(C)c([N+](=O)[O-])c2)o1. The fraction of sp³-hybridized carbons (Fsp3) is 0.296. The molecule has 0 aliphatic rings. The Hall–Kier alpha value is -4.47. The van der Waals surface area contributed by atoms with Crippen LogP contribution in [0, 0.1) is 29.9 Å². The van der Waals surface area contributed by atoms with Crippen LogP contribution in [-0.4, -0.2) is 35.6 Å². The number of nitro groups is 1. The minimum atomic E-state index is -0.801. The summed E-state index contributed by atoms with van der Waals surface area (Å²) in [5, 5.41) is 17.8. The lowest BCUT2D eigenvalue weighted by atomic mass is 10.0. The molecule has 3 rings (SSSR count). The number of rotatable bonds is 11. The molecule has 10 nitrogen and oxygen atoms in total. The molecule has 0 aliphatic heterocycles. The maximum Gasteiger partial charge on any atom is 0.273 e. The number of benzene rings is 2. The van der Waals surface area contributed by atoms with Crippen LogP contribution in [0.25, 0.3) is 11.3 Å². The predicted molar refractivity (Wildman–Crippen MR) is 139 cm³/mol. The molecular weight excluding hydrogens is 476 g/mol. The summed E-state index contributed by atoms with van der Waals surface area (Å²) in [4.78, 5) is 35.9. The first-order chi connectivity index (χ1) is 17.6. The highest BCUT2D eigenvalue weighted by atomic mass is 16.6. The number of hydrogen-bond donors (Lipinski definition) is 2. The third kappa shape index (κ3) is 7.76. The van der Waals surface area contributed by atoms with Crippen LogP contribution in [0.1, 0.15) is 37.2 Å². The van der Waals surface area contributed by atoms with E-state index in [1.807, 2.05) is 39.0 Å². The summed E-state index contributed by atoms with van der Waals surface area (Å²) in [5.74, 6) is 0.615. The average molecular weight is 507 g/mol. The van der Waals surface area contributed by atoms with Crippen molar-refractivity contribution in [2.45, 2.75) is 40.2 Å². The lowest BCUT2D eigenvalue weighted by Crippen LogP contribution is -2.47. The molecule has 2 aromatic carbocycles. The molecule has 0 bridgehead atoms. The zero-order valence-electron chi connectivity index (χ0n) is 21.2. The highest BCUT2D eigenvalue weighted by molar-refractivity contribution is 5.89. The number of carbonyl (C=O) groups is 2. The third-order valence-corrected chi connectivity index (χ3v) is 5.49. The van der Waals surface area contributed by atoms with E-state index in [0.29, 0.717) is 34.8 Å². The quantitative estimate of drug-likeness (QED) is 0.223. The summed E-state index contributed by atoms with van der Waals surface area (Å²) in [6, 6.07) is 14.7. The molecule has 1 aromatic heterocycles. The molecule has 3 aromatic rings. The summed E-state index contributed by atoms with van der Waals surface area (Å²) in [6.07, 6.45) is 1.73. The van der Waals surface area contributed by atoms with Crippen molar-refractivity contribution < 1.29 is 23.7 Å². The minimum Gasteiger partial charge on any atom is -0.484 e. The lowest BCUT2D eigenvalue weighted by Gasteiger charge is -2.19. The van der Waals surface area contributed by atoms with Crippen LogP contribution in [0.5, 0.6) is 5.75 Å². The second-order valence-electron chi connectivity index (χ2n) is 9.00. The van der Waals surface area contributed by atoms with E-state index in [1.54, 1.807) is 37.3 Å². The fourth-order valence-electron chi connectivity index (χ4n) is 3.57. The Morgan fingerprint density at radius 2 is 1.86 bits per heavy atom. The summed E-state index contributed by atoms with van der Waals surface area (Å²) < 4.78 is 11.3. The number of aryl methyl sites for hydroxylation is 2. The van der Waals surface area contributed by atoms with Crippen LogP contribution in [-0.2, 0) is 9.59 Å². The second-order valence-corrected chi connectivity index (χ2v) is 9.00. The van der Waals surface area contributed by atoms with Crippen LogP contribution in [0.4, 0.5) is 5.69 Å². The Labute approximate surface area is 214 Å². The van der Waals surface area contributed by atoms with E-state index in [9.17, 15) is 19.7 Å². The standard InChI is InChI=1S/C27H30N4O6/c1-17(2)13-22(29-26(32)16-36-24-8-6-5-7-19(24)4)27(33)30-28-15-21-11-12-25(37-21)20-10-9-18(3)23(14-20)31(34)35/h5-12,14-15,17,22H,13,16H2,1-4H3,(H,29,32)(H,30,33)/b28-15-/t22-/m0/s1. The molecule has 0 saturated carbocycles. The minimum absolute atomic E-state index is 0.000995. The van der Waals surface area contributed by atoms with Gasteiger partial charge in [-0.15, -0.1) is 0 Å². The number of carbonyl (C=O) groups excluding carboxylic acids is 2. The maximum atomic E-state index is 12.7. The Morgan fingerprint density at radius 3 is 2.57 bits per heavy atom. The summed E-state index contributed by atoms with van der Waals surface area (Å²) in [5.41, 5.74) is 4.44. The zero-order chi connectivity index (χ0) is 26.9. The first-order valence-electron chi connectivity index (χ1n) is 11.8. The van der Waals surface area contributed by atoms with Gasteiger partial charge in [0.2, 0.25) is 0 Å². The average Bonchev–Trinajstić information content (AvgIpc) is 3.32. The zero-order valence-corrected chi connectivity index (χ0v) is 21.2. The fourth-order valence-corrected chi connectivity index (χ4v) is 3.57. The number of nitro benzene ring substituents is 1. The predicted octanol–water partition coefficient (Wildman–Crippen LogP) is 4.53. The smallest absolute Gasteiger partial charge is 0.273 e. The summed E-state index contributed by atoms with van der Waals surface area (Å²) in [7, 11) is 0. The number of nitrogens with one attached hydrogen (secondary N) is 2. The van der Waals surface area contributed by atoms with E-state index < -0.39 is 22.8 Å². The Balaban J connectivity index is 1.59. The highest BCUT2D eigenvalue weighted by Gasteiger charge is 2.22. The topological polar surface area (TPSA) is 136 Å². The number of furan rings is 1. The van der Waals surface area contributed by atoms with Gasteiger partial charge >= 0.3 is 0 Å². The van der Waals surface area contributed by atoms with Crippen molar-refractivity contribution in [2.75, 3.05) is 6.61 Å². The largest absolute Gasteiger partial charge is 0.484 e. The van der Waals surface area contributed by atoms with Gasteiger partial charge < -0.3 is 14.5 Å². The molecular formula is C27H30N4O6. The molecule has 0 spiro atoms. The van der Waals surface area contributed by atoms with E-state index in [1.165, 1.54) is 12.3 Å². The number of hydrazone groups is 1. The van der Waals surface area contributed by atoms with Crippen molar-refractivity contribution >= 4 is 23.7 Å². The normalized spacial score (nSPS) is 11.9. The van der Waals surface area contributed by atoms with Crippen molar-refractivity contribution in [1.29, 1.82) is 0 Å². The van der Waals surface area contributed by atoms with Gasteiger partial charge in [0.25, 0.3) is 17.5 Å². The molecule has 1 atom stereocenters. The monoisotopic (exact) mass is 506 g/mol. The van der Waals surface area contributed by atoms with E-state index >= 15 is 0 Å². The first kappa shape index (κ1) is 27.1. The van der Waals surface area contributed by atoms with Crippen molar-refractivity contribution in [3.63, 3.8) is 0 Å². The Morgan fingerprint density at radius 1 is 1.11 bits per heavy atom. The number of nitrogens with zero attached hydrogens (tertiary/aromatic N) is 2. The van der Waals surface area contributed by atoms with Crippen LogP contribution in [0.3, 0.4) is 0 Å². The molecule has 2 amide bonds. The third-order valence-electron chi connectivity index (χ3n) is 5.49. The van der Waals surface area contributed by atoms with Crippen molar-refractivity contribution in [3.8, 4) is 17.1 Å². The Bertz CT molecular complexity index is 1300. The maximum absolute atomic E-state index is 12.7. The van der Waals surface area contributed by atoms with Gasteiger partial charge in [-0.25, -0.2) is 5.43 Å². The molecule has 0 saturated heterocycles. The molecule has 10 heteroatoms. The summed E-state index contributed by atoms with van der Waals surface area (Å²) >= 11 is 0. The first-order valence-corrected chi connectivity index (χ1v) is 11.8. The molecule has 0 radical (unpaired) electrons. The molecule has 1 heterocycles. The van der Waals surface area contributed by atoms with Crippen LogP contribution in [0.2, 0.25) is 0 Å². The Kier molecular flexibility index (Phi) is 9.15. The van der Waals surface area contributed by atoms with Crippen molar-refractivity contribution in [1.82, 2.24) is 10.7 Å². The number of amides is 2.